The van der Waals surface area contributed by atoms with Crippen molar-refractivity contribution in [2.45, 2.75) is 49.4 Å². The van der Waals surface area contributed by atoms with Crippen LogP contribution in [0.5, 0.6) is 0 Å². The summed E-state index contributed by atoms with van der Waals surface area (Å²) in [5, 5.41) is 3.37. The fourth-order valence-corrected chi connectivity index (χ4v) is 4.01. The summed E-state index contributed by atoms with van der Waals surface area (Å²) in [4.78, 5) is 45.7. The highest BCUT2D eigenvalue weighted by Gasteiger charge is 2.44. The SMILES string of the molecule is CN1CCN(C(=O)c2nc(C(C)(C)C)sc2NC(=O)OCC(Cl)(Cl)Cl)C(C)(C)C1=O. The molecule has 0 unspecified atom stereocenters. The maximum Gasteiger partial charge on any atom is 0.412 e. The molecule has 0 radical (unpaired) electrons. The number of hydrogen-bond donors (Lipinski definition) is 1. The molecule has 2 rings (SSSR count). The number of piperazine rings is 1. The van der Waals surface area contributed by atoms with Crippen molar-refractivity contribution in [3.05, 3.63) is 10.7 Å². The van der Waals surface area contributed by atoms with Crippen LogP contribution in [0.25, 0.3) is 0 Å². The first-order chi connectivity index (χ1) is 13.5. The molecular weight excluding hydrogens is 475 g/mol. The van der Waals surface area contributed by atoms with Crippen molar-refractivity contribution >= 4 is 69.0 Å². The van der Waals surface area contributed by atoms with Crippen LogP contribution in [0.2, 0.25) is 0 Å². The molecule has 3 amide bonds. The van der Waals surface area contributed by atoms with Crippen molar-refractivity contribution in [1.82, 2.24) is 14.8 Å². The number of carbonyl (C=O) groups excluding carboxylic acids is 3. The second-order valence-electron chi connectivity index (χ2n) is 8.51. The second-order valence-corrected chi connectivity index (χ2v) is 12.0. The molecule has 2 heterocycles. The summed E-state index contributed by atoms with van der Waals surface area (Å²) in [6.07, 6.45) is -0.881. The highest BCUT2D eigenvalue weighted by molar-refractivity contribution is 7.16. The number of amides is 3. The van der Waals surface area contributed by atoms with Crippen LogP contribution in [-0.4, -0.2) is 68.8 Å². The van der Waals surface area contributed by atoms with Crippen LogP contribution in [-0.2, 0) is 14.9 Å². The van der Waals surface area contributed by atoms with Gasteiger partial charge in [-0.3, -0.25) is 14.9 Å². The maximum atomic E-state index is 13.4. The molecule has 1 fully saturated rings. The highest BCUT2D eigenvalue weighted by Crippen LogP contribution is 2.35. The van der Waals surface area contributed by atoms with E-state index in [4.69, 9.17) is 39.5 Å². The van der Waals surface area contributed by atoms with E-state index in [0.717, 1.165) is 11.3 Å². The van der Waals surface area contributed by atoms with E-state index in [1.807, 2.05) is 20.8 Å². The third-order valence-electron chi connectivity index (χ3n) is 4.50. The monoisotopic (exact) mass is 498 g/mol. The van der Waals surface area contributed by atoms with Crippen molar-refractivity contribution in [3.63, 3.8) is 0 Å². The zero-order valence-electron chi connectivity index (χ0n) is 17.6. The van der Waals surface area contributed by atoms with Gasteiger partial charge in [0.2, 0.25) is 9.70 Å². The molecule has 1 aromatic rings. The van der Waals surface area contributed by atoms with Gasteiger partial charge in [0, 0.05) is 25.6 Å². The number of aromatic nitrogens is 1. The van der Waals surface area contributed by atoms with Gasteiger partial charge in [0.15, 0.2) is 5.69 Å². The van der Waals surface area contributed by atoms with E-state index >= 15 is 0 Å². The lowest BCUT2D eigenvalue weighted by Crippen LogP contribution is -2.63. The molecule has 1 aliphatic rings. The number of thiazole rings is 1. The Morgan fingerprint density at radius 2 is 1.83 bits per heavy atom. The summed E-state index contributed by atoms with van der Waals surface area (Å²) >= 11 is 18.0. The van der Waals surface area contributed by atoms with Crippen molar-refractivity contribution in [2.24, 2.45) is 0 Å². The maximum absolute atomic E-state index is 13.4. The molecule has 0 bridgehead atoms. The first kappa shape index (κ1) is 25.0. The molecule has 1 saturated heterocycles. The smallest absolute Gasteiger partial charge is 0.412 e. The van der Waals surface area contributed by atoms with E-state index in [9.17, 15) is 14.4 Å². The van der Waals surface area contributed by atoms with E-state index in [0.29, 0.717) is 18.1 Å². The number of carbonyl (C=O) groups is 3. The van der Waals surface area contributed by atoms with E-state index in [-0.39, 0.29) is 22.0 Å². The van der Waals surface area contributed by atoms with Crippen molar-refractivity contribution in [3.8, 4) is 0 Å². The standard InChI is InChI=1S/C18H25Cl3N4O4S/c1-16(2,3)13-22-10(11(30-13)23-15(28)29-9-18(19,20)21)12(26)25-8-7-24(6)14(27)17(25,4)5/h7-9H2,1-6H3,(H,23,28). The van der Waals surface area contributed by atoms with Crippen molar-refractivity contribution < 1.29 is 19.1 Å². The Hall–Kier alpha value is -1.29. The molecule has 1 aliphatic heterocycles. The molecule has 0 spiro atoms. The Morgan fingerprint density at radius 3 is 2.37 bits per heavy atom. The van der Waals surface area contributed by atoms with Crippen LogP contribution in [0.15, 0.2) is 0 Å². The van der Waals surface area contributed by atoms with Gasteiger partial charge in [0.1, 0.15) is 22.2 Å². The number of anilines is 1. The number of likely N-dealkylation sites (N-methyl/N-ethyl adjacent to an activating group) is 1. The van der Waals surface area contributed by atoms with Crippen molar-refractivity contribution in [2.75, 3.05) is 32.1 Å². The zero-order chi connectivity index (χ0) is 23.1. The third-order valence-corrected chi connectivity index (χ3v) is 6.23. The topological polar surface area (TPSA) is 91.8 Å². The minimum atomic E-state index is -1.76. The molecule has 168 valence electrons. The fraction of sp³-hybridized carbons (Fsp3) is 0.667. The first-order valence-electron chi connectivity index (χ1n) is 9.13. The van der Waals surface area contributed by atoms with Crippen LogP contribution in [0.3, 0.4) is 0 Å². The summed E-state index contributed by atoms with van der Waals surface area (Å²) in [6, 6.07) is 0. The van der Waals surface area contributed by atoms with E-state index < -0.39 is 27.9 Å². The number of rotatable bonds is 3. The molecule has 8 nitrogen and oxygen atoms in total. The number of ether oxygens (including phenoxy) is 1. The van der Waals surface area contributed by atoms with Crippen LogP contribution in [0.4, 0.5) is 9.80 Å². The van der Waals surface area contributed by atoms with Crippen molar-refractivity contribution in [1.29, 1.82) is 0 Å². The Kier molecular flexibility index (Phi) is 7.23. The number of nitrogens with zero attached hydrogens (tertiary/aromatic N) is 3. The second kappa shape index (κ2) is 8.68. The molecule has 0 atom stereocenters. The number of halogens is 3. The molecule has 0 aliphatic carbocycles. The average Bonchev–Trinajstić information content (AvgIpc) is 3.01. The van der Waals surface area contributed by atoms with Gasteiger partial charge in [-0.1, -0.05) is 66.9 Å². The lowest BCUT2D eigenvalue weighted by molar-refractivity contribution is -0.144. The Labute approximate surface area is 194 Å². The van der Waals surface area contributed by atoms with Gasteiger partial charge in [0.25, 0.3) is 5.91 Å². The summed E-state index contributed by atoms with van der Waals surface area (Å²) < 4.78 is 3.15. The summed E-state index contributed by atoms with van der Waals surface area (Å²) in [6.45, 7) is 9.46. The fourth-order valence-electron chi connectivity index (χ4n) is 2.84. The number of hydrogen-bond acceptors (Lipinski definition) is 6. The van der Waals surface area contributed by atoms with Gasteiger partial charge in [-0.05, 0) is 13.8 Å². The quantitative estimate of drug-likeness (QED) is 0.633. The predicted molar refractivity (Wildman–Crippen MR) is 119 cm³/mol. The van der Waals surface area contributed by atoms with Gasteiger partial charge in [-0.2, -0.15) is 0 Å². The molecular formula is C18H25Cl3N4O4S. The Balaban J connectivity index is 2.36. The summed E-state index contributed by atoms with van der Waals surface area (Å²) in [5.41, 5.74) is -1.38. The average molecular weight is 500 g/mol. The Bertz CT molecular complexity index is 845. The van der Waals surface area contributed by atoms with Gasteiger partial charge >= 0.3 is 6.09 Å². The van der Waals surface area contributed by atoms with Crippen LogP contribution in [0, 0.1) is 0 Å². The highest BCUT2D eigenvalue weighted by atomic mass is 35.6. The summed E-state index contributed by atoms with van der Waals surface area (Å²) in [7, 11) is 1.69. The minimum Gasteiger partial charge on any atom is -0.445 e. The van der Waals surface area contributed by atoms with Gasteiger partial charge in [-0.25, -0.2) is 9.78 Å². The van der Waals surface area contributed by atoms with Gasteiger partial charge < -0.3 is 14.5 Å². The van der Waals surface area contributed by atoms with E-state index in [1.165, 1.54) is 4.90 Å². The lowest BCUT2D eigenvalue weighted by atomic mass is 9.97. The molecule has 12 heteroatoms. The van der Waals surface area contributed by atoms with Crippen LogP contribution < -0.4 is 5.32 Å². The minimum absolute atomic E-state index is 0.0428. The summed E-state index contributed by atoms with van der Waals surface area (Å²) in [5.74, 6) is -0.630. The lowest BCUT2D eigenvalue weighted by Gasteiger charge is -2.44. The zero-order valence-corrected chi connectivity index (χ0v) is 20.7. The Morgan fingerprint density at radius 1 is 1.23 bits per heavy atom. The normalized spacial score (nSPS) is 17.2. The third kappa shape index (κ3) is 5.69. The molecule has 30 heavy (non-hydrogen) atoms. The molecule has 0 saturated carbocycles. The van der Waals surface area contributed by atoms with Crippen LogP contribution >= 0.6 is 46.1 Å². The first-order valence-corrected chi connectivity index (χ1v) is 11.1. The van der Waals surface area contributed by atoms with Gasteiger partial charge in [-0.15, -0.1) is 0 Å². The van der Waals surface area contributed by atoms with E-state index in [2.05, 4.69) is 10.3 Å². The number of alkyl halides is 3. The predicted octanol–water partition coefficient (Wildman–Crippen LogP) is 4.05. The molecule has 1 N–H and O–H groups in total. The largest absolute Gasteiger partial charge is 0.445 e. The molecule has 1 aromatic heterocycles. The molecule has 0 aromatic carbocycles. The van der Waals surface area contributed by atoms with Gasteiger partial charge in [0.05, 0.1) is 0 Å². The van der Waals surface area contributed by atoms with Crippen LogP contribution in [0.1, 0.15) is 50.1 Å². The van der Waals surface area contributed by atoms with E-state index in [1.54, 1.807) is 25.8 Å². The number of nitrogens with one attached hydrogen (secondary N) is 1.